The van der Waals surface area contributed by atoms with Crippen molar-refractivity contribution in [2.24, 2.45) is 22.7 Å². The molecule has 0 aromatic carbocycles. The van der Waals surface area contributed by atoms with E-state index in [9.17, 15) is 9.59 Å². The van der Waals surface area contributed by atoms with Gasteiger partial charge in [-0.05, 0) is 64.2 Å². The Labute approximate surface area is 154 Å². The van der Waals surface area contributed by atoms with Gasteiger partial charge in [0.15, 0.2) is 0 Å². The van der Waals surface area contributed by atoms with Crippen LogP contribution in [0.4, 0.5) is 0 Å². The fraction of sp³-hybridized carbons (Fsp3) is 0.905. The van der Waals surface area contributed by atoms with E-state index in [4.69, 9.17) is 9.47 Å². The molecule has 0 amide bonds. The van der Waals surface area contributed by atoms with Gasteiger partial charge in [0.1, 0.15) is 0 Å². The molecule has 0 radical (unpaired) electrons. The lowest BCUT2D eigenvalue weighted by Crippen LogP contribution is -2.37. The first-order valence-electron chi connectivity index (χ1n) is 10.1. The molecule has 2 unspecified atom stereocenters. The Morgan fingerprint density at radius 2 is 1.44 bits per heavy atom. The predicted molar refractivity (Wildman–Crippen MR) is 100 cm³/mol. The van der Waals surface area contributed by atoms with E-state index in [0.717, 1.165) is 44.9 Å². The van der Waals surface area contributed by atoms with Crippen molar-refractivity contribution in [1.82, 2.24) is 0 Å². The molecule has 2 atom stereocenters. The van der Waals surface area contributed by atoms with E-state index >= 15 is 0 Å². The highest BCUT2D eigenvalue weighted by Crippen LogP contribution is 2.42. The summed E-state index contributed by atoms with van der Waals surface area (Å²) in [6.45, 7) is 13.7. The van der Waals surface area contributed by atoms with Crippen LogP contribution in [-0.2, 0) is 19.1 Å². The summed E-state index contributed by atoms with van der Waals surface area (Å²) in [6, 6.07) is 0. The lowest BCUT2D eigenvalue weighted by molar-refractivity contribution is -0.158. The molecule has 2 heterocycles. The van der Waals surface area contributed by atoms with Gasteiger partial charge in [-0.1, -0.05) is 34.1 Å². The Hall–Kier alpha value is -1.06. The summed E-state index contributed by atoms with van der Waals surface area (Å²) in [5.41, 5.74) is -0.470. The average molecular weight is 355 g/mol. The summed E-state index contributed by atoms with van der Waals surface area (Å²) in [7, 11) is 0. The molecule has 0 N–H and O–H groups in total. The Morgan fingerprint density at radius 1 is 0.920 bits per heavy atom. The minimum absolute atomic E-state index is 0.0394. The third-order valence-corrected chi connectivity index (χ3v) is 6.65. The standard InChI is InChI=1S/C12H22O2.C9H16O2/c1-4-10-8-7-9-14-11(13)12(10,5-2)6-3;1-7-5-4-6-11-8(10)9(7,2)3/h10H,4-9H2,1-3H3;7H,4-6H2,1-3H3. The second kappa shape index (κ2) is 9.59. The third kappa shape index (κ3) is 4.98. The lowest BCUT2D eigenvalue weighted by atomic mass is 9.69. The van der Waals surface area contributed by atoms with Crippen molar-refractivity contribution in [3.8, 4) is 0 Å². The van der Waals surface area contributed by atoms with Gasteiger partial charge in [0.25, 0.3) is 0 Å². The maximum Gasteiger partial charge on any atom is 0.312 e. The van der Waals surface area contributed by atoms with Crippen molar-refractivity contribution in [2.45, 2.75) is 86.5 Å². The monoisotopic (exact) mass is 354 g/mol. The van der Waals surface area contributed by atoms with Crippen LogP contribution in [0.15, 0.2) is 0 Å². The van der Waals surface area contributed by atoms with Gasteiger partial charge in [-0.25, -0.2) is 0 Å². The first-order valence-corrected chi connectivity index (χ1v) is 10.1. The average Bonchev–Trinajstić information content (AvgIpc) is 2.83. The van der Waals surface area contributed by atoms with E-state index in [1.165, 1.54) is 0 Å². The molecule has 0 aromatic rings. The van der Waals surface area contributed by atoms with Gasteiger partial charge in [-0.3, -0.25) is 9.59 Å². The van der Waals surface area contributed by atoms with E-state index in [1.54, 1.807) is 0 Å². The maximum atomic E-state index is 11.9. The molecule has 25 heavy (non-hydrogen) atoms. The van der Waals surface area contributed by atoms with Gasteiger partial charge in [0.05, 0.1) is 24.0 Å². The molecule has 2 fully saturated rings. The predicted octanol–water partition coefficient (Wildman–Crippen LogP) is 5.14. The lowest BCUT2D eigenvalue weighted by Gasteiger charge is -2.34. The fourth-order valence-corrected chi connectivity index (χ4v) is 4.09. The van der Waals surface area contributed by atoms with Crippen LogP contribution in [0.3, 0.4) is 0 Å². The number of carbonyl (C=O) groups excluding carboxylic acids is 2. The van der Waals surface area contributed by atoms with E-state index in [1.807, 2.05) is 13.8 Å². The number of carbonyl (C=O) groups is 2. The number of hydrogen-bond donors (Lipinski definition) is 0. The molecule has 4 heteroatoms. The van der Waals surface area contributed by atoms with Gasteiger partial charge in [0, 0.05) is 0 Å². The number of rotatable bonds is 3. The van der Waals surface area contributed by atoms with Crippen LogP contribution in [0.2, 0.25) is 0 Å². The SMILES string of the molecule is CC1CCCOC(=O)C1(C)C.CCC1CCCOC(=O)C1(CC)CC. The topological polar surface area (TPSA) is 52.6 Å². The molecule has 0 aromatic heterocycles. The Balaban J connectivity index is 0.000000257. The molecule has 2 saturated heterocycles. The smallest absolute Gasteiger partial charge is 0.312 e. The second-order valence-corrected chi connectivity index (χ2v) is 8.15. The Kier molecular flexibility index (Phi) is 8.43. The van der Waals surface area contributed by atoms with Crippen molar-refractivity contribution < 1.29 is 19.1 Å². The molecular weight excluding hydrogens is 316 g/mol. The molecule has 0 spiro atoms. The highest BCUT2D eigenvalue weighted by Gasteiger charge is 2.44. The quantitative estimate of drug-likeness (QED) is 0.658. The molecule has 2 aliphatic heterocycles. The molecule has 4 nitrogen and oxygen atoms in total. The minimum Gasteiger partial charge on any atom is -0.465 e. The van der Waals surface area contributed by atoms with Crippen molar-refractivity contribution in [3.05, 3.63) is 0 Å². The molecule has 0 bridgehead atoms. The van der Waals surface area contributed by atoms with E-state index in [-0.39, 0.29) is 22.8 Å². The van der Waals surface area contributed by atoms with Crippen molar-refractivity contribution >= 4 is 11.9 Å². The maximum absolute atomic E-state index is 11.9. The van der Waals surface area contributed by atoms with Gasteiger partial charge in [-0.15, -0.1) is 0 Å². The molecule has 2 rings (SSSR count). The summed E-state index contributed by atoms with van der Waals surface area (Å²) in [5.74, 6) is 0.972. The zero-order chi connectivity index (χ0) is 19.1. The van der Waals surface area contributed by atoms with E-state index in [0.29, 0.717) is 25.0 Å². The van der Waals surface area contributed by atoms with Crippen LogP contribution in [-0.4, -0.2) is 25.2 Å². The van der Waals surface area contributed by atoms with Gasteiger partial charge in [0.2, 0.25) is 0 Å². The Morgan fingerprint density at radius 3 is 1.96 bits per heavy atom. The first kappa shape index (κ1) is 22.0. The largest absolute Gasteiger partial charge is 0.465 e. The number of cyclic esters (lactones) is 2. The number of hydrogen-bond acceptors (Lipinski definition) is 4. The molecular formula is C21H38O4. The van der Waals surface area contributed by atoms with E-state index < -0.39 is 0 Å². The Bertz CT molecular complexity index is 437. The summed E-state index contributed by atoms with van der Waals surface area (Å²) < 4.78 is 10.3. The van der Waals surface area contributed by atoms with Crippen LogP contribution < -0.4 is 0 Å². The highest BCUT2D eigenvalue weighted by atomic mass is 16.5. The van der Waals surface area contributed by atoms with Crippen molar-refractivity contribution in [3.63, 3.8) is 0 Å². The van der Waals surface area contributed by atoms with E-state index in [2.05, 4.69) is 27.7 Å². The van der Waals surface area contributed by atoms with Crippen LogP contribution >= 0.6 is 0 Å². The van der Waals surface area contributed by atoms with Gasteiger partial charge >= 0.3 is 11.9 Å². The number of ether oxygens (including phenoxy) is 2. The van der Waals surface area contributed by atoms with Crippen molar-refractivity contribution in [1.29, 1.82) is 0 Å². The molecule has 0 aliphatic carbocycles. The molecule has 0 saturated carbocycles. The third-order valence-electron chi connectivity index (χ3n) is 6.65. The zero-order valence-electron chi connectivity index (χ0n) is 17.2. The summed E-state index contributed by atoms with van der Waals surface area (Å²) in [5, 5.41) is 0. The fourth-order valence-electron chi connectivity index (χ4n) is 4.09. The molecule has 2 aliphatic rings. The van der Waals surface area contributed by atoms with Crippen LogP contribution in [0, 0.1) is 22.7 Å². The summed E-state index contributed by atoms with van der Waals surface area (Å²) in [6.07, 6.45) is 7.21. The molecule has 146 valence electrons. The van der Waals surface area contributed by atoms with Crippen LogP contribution in [0.1, 0.15) is 86.5 Å². The van der Waals surface area contributed by atoms with Crippen LogP contribution in [0.5, 0.6) is 0 Å². The first-order chi connectivity index (χ1) is 11.8. The zero-order valence-corrected chi connectivity index (χ0v) is 17.2. The number of esters is 2. The minimum atomic E-state index is -0.281. The normalized spacial score (nSPS) is 28.6. The van der Waals surface area contributed by atoms with Crippen molar-refractivity contribution in [2.75, 3.05) is 13.2 Å². The van der Waals surface area contributed by atoms with Gasteiger partial charge in [-0.2, -0.15) is 0 Å². The summed E-state index contributed by atoms with van der Waals surface area (Å²) >= 11 is 0. The highest BCUT2D eigenvalue weighted by molar-refractivity contribution is 5.77. The van der Waals surface area contributed by atoms with Gasteiger partial charge < -0.3 is 9.47 Å². The van der Waals surface area contributed by atoms with Crippen LogP contribution in [0.25, 0.3) is 0 Å². The summed E-state index contributed by atoms with van der Waals surface area (Å²) in [4.78, 5) is 23.3. The second-order valence-electron chi connectivity index (χ2n) is 8.15.